The lowest BCUT2D eigenvalue weighted by Crippen LogP contribution is -2.02. The van der Waals surface area contributed by atoms with E-state index in [0.29, 0.717) is 12.8 Å². The Balaban J connectivity index is 2.12. The SMILES string of the molecule is CCC(=O)OC#CC[C@H]1[CH][CH][CH]O1. The van der Waals surface area contributed by atoms with Gasteiger partial charge in [-0.1, -0.05) is 12.8 Å². The molecule has 0 N–H and O–H groups in total. The molecule has 0 aromatic heterocycles. The van der Waals surface area contributed by atoms with Crippen LogP contribution in [-0.4, -0.2) is 12.1 Å². The van der Waals surface area contributed by atoms with E-state index in [0.717, 1.165) is 0 Å². The minimum absolute atomic E-state index is 0.00725. The fourth-order valence-electron chi connectivity index (χ4n) is 0.785. The third-order valence-electron chi connectivity index (χ3n) is 1.49. The van der Waals surface area contributed by atoms with Gasteiger partial charge in [0.25, 0.3) is 0 Å². The standard InChI is InChI=1S/C10H11O3/c1-2-10(11)13-8-4-6-9-5-3-7-12-9/h3,5,7,9H,2,6H2,1H3/t9-/m1/s1. The fourth-order valence-corrected chi connectivity index (χ4v) is 0.785. The van der Waals surface area contributed by atoms with Crippen molar-refractivity contribution in [2.24, 2.45) is 0 Å². The van der Waals surface area contributed by atoms with Gasteiger partial charge in [0.15, 0.2) is 0 Å². The van der Waals surface area contributed by atoms with E-state index in [1.165, 1.54) is 0 Å². The Hall–Kier alpha value is -1.01. The van der Waals surface area contributed by atoms with Gasteiger partial charge in [-0.2, -0.15) is 0 Å². The largest absolute Gasteiger partial charge is 0.372 e. The van der Waals surface area contributed by atoms with Crippen LogP contribution in [-0.2, 0) is 14.3 Å². The third kappa shape index (κ3) is 3.95. The maximum Gasteiger partial charge on any atom is 0.319 e. The molecule has 0 amide bonds. The predicted molar refractivity (Wildman–Crippen MR) is 46.5 cm³/mol. The molecule has 0 saturated carbocycles. The second-order valence-corrected chi connectivity index (χ2v) is 2.51. The van der Waals surface area contributed by atoms with Crippen molar-refractivity contribution in [3.63, 3.8) is 0 Å². The average molecular weight is 179 g/mol. The molecule has 1 atom stereocenters. The van der Waals surface area contributed by atoms with Crippen LogP contribution < -0.4 is 0 Å². The molecule has 3 nitrogen and oxygen atoms in total. The summed E-state index contributed by atoms with van der Waals surface area (Å²) in [6, 6.07) is 0. The van der Waals surface area contributed by atoms with Gasteiger partial charge in [0.1, 0.15) is 6.11 Å². The summed E-state index contributed by atoms with van der Waals surface area (Å²) in [5, 5.41) is 0. The smallest absolute Gasteiger partial charge is 0.319 e. The molecule has 0 spiro atoms. The second-order valence-electron chi connectivity index (χ2n) is 2.51. The molecule has 1 aliphatic rings. The Kier molecular flexibility index (Phi) is 4.34. The van der Waals surface area contributed by atoms with Gasteiger partial charge in [-0.05, 0) is 12.8 Å². The van der Waals surface area contributed by atoms with Crippen LogP contribution in [0.15, 0.2) is 0 Å². The van der Waals surface area contributed by atoms with Crippen LogP contribution in [0, 0.1) is 31.5 Å². The van der Waals surface area contributed by atoms with Crippen LogP contribution in [0.2, 0.25) is 0 Å². The molecule has 3 radical (unpaired) electrons. The molecule has 3 heteroatoms. The van der Waals surface area contributed by atoms with Crippen molar-refractivity contribution < 1.29 is 14.3 Å². The van der Waals surface area contributed by atoms with Gasteiger partial charge < -0.3 is 9.47 Å². The molecule has 0 aromatic carbocycles. The highest BCUT2D eigenvalue weighted by Crippen LogP contribution is 2.15. The molecule has 1 aliphatic heterocycles. The Morgan fingerprint density at radius 3 is 3.15 bits per heavy atom. The van der Waals surface area contributed by atoms with E-state index in [4.69, 9.17) is 4.74 Å². The number of ether oxygens (including phenoxy) is 2. The van der Waals surface area contributed by atoms with E-state index in [2.05, 4.69) is 16.8 Å². The lowest BCUT2D eigenvalue weighted by atomic mass is 10.2. The molecule has 0 aliphatic carbocycles. The van der Waals surface area contributed by atoms with E-state index in [-0.39, 0.29) is 12.1 Å². The summed E-state index contributed by atoms with van der Waals surface area (Å²) in [5.74, 6) is 2.40. The van der Waals surface area contributed by atoms with Gasteiger partial charge in [0, 0.05) is 12.8 Å². The zero-order valence-corrected chi connectivity index (χ0v) is 7.45. The van der Waals surface area contributed by atoms with E-state index >= 15 is 0 Å². The monoisotopic (exact) mass is 179 g/mol. The van der Waals surface area contributed by atoms with Crippen molar-refractivity contribution in [3.05, 3.63) is 19.4 Å². The van der Waals surface area contributed by atoms with Gasteiger partial charge in [0.2, 0.25) is 0 Å². The van der Waals surface area contributed by atoms with Gasteiger partial charge in [0.05, 0.1) is 12.7 Å². The van der Waals surface area contributed by atoms with Crippen molar-refractivity contribution in [3.8, 4) is 12.0 Å². The number of esters is 1. The first-order valence-electron chi connectivity index (χ1n) is 4.16. The molecule has 0 unspecified atom stereocenters. The lowest BCUT2D eigenvalue weighted by Gasteiger charge is -2.00. The molecular weight excluding hydrogens is 168 g/mol. The topological polar surface area (TPSA) is 35.5 Å². The molecular formula is C10H11O3. The highest BCUT2D eigenvalue weighted by Gasteiger charge is 2.14. The Bertz CT molecular complexity index is 218. The van der Waals surface area contributed by atoms with E-state index < -0.39 is 0 Å². The molecule has 13 heavy (non-hydrogen) atoms. The van der Waals surface area contributed by atoms with E-state index in [1.807, 2.05) is 12.8 Å². The summed E-state index contributed by atoms with van der Waals surface area (Å²) >= 11 is 0. The summed E-state index contributed by atoms with van der Waals surface area (Å²) in [5.41, 5.74) is 0. The number of carbonyl (C=O) groups excluding carboxylic acids is 1. The summed E-state index contributed by atoms with van der Waals surface area (Å²) in [4.78, 5) is 10.6. The second kappa shape index (κ2) is 5.60. The molecule has 1 rings (SSSR count). The number of hydrogen-bond donors (Lipinski definition) is 0. The highest BCUT2D eigenvalue weighted by atomic mass is 16.5. The summed E-state index contributed by atoms with van der Waals surface area (Å²) in [7, 11) is 0. The molecule has 0 aromatic rings. The quantitative estimate of drug-likeness (QED) is 0.473. The fraction of sp³-hybridized carbons (Fsp3) is 0.400. The summed E-state index contributed by atoms with van der Waals surface area (Å²) in [6.45, 7) is 3.34. The molecule has 69 valence electrons. The first-order valence-corrected chi connectivity index (χ1v) is 4.16. The van der Waals surface area contributed by atoms with Gasteiger partial charge in [-0.25, -0.2) is 0 Å². The lowest BCUT2D eigenvalue weighted by molar-refractivity contribution is -0.136. The maximum atomic E-state index is 10.6. The Morgan fingerprint density at radius 1 is 1.69 bits per heavy atom. The zero-order chi connectivity index (χ0) is 9.52. The average Bonchev–Trinajstić information content (AvgIpc) is 2.64. The van der Waals surface area contributed by atoms with Gasteiger partial charge in [-0.15, -0.1) is 0 Å². The molecule has 1 saturated heterocycles. The van der Waals surface area contributed by atoms with Crippen LogP contribution >= 0.6 is 0 Å². The summed E-state index contributed by atoms with van der Waals surface area (Å²) in [6.07, 6.45) is 6.96. The van der Waals surface area contributed by atoms with Crippen molar-refractivity contribution in [2.75, 3.05) is 0 Å². The van der Waals surface area contributed by atoms with Crippen LogP contribution in [0.3, 0.4) is 0 Å². The van der Waals surface area contributed by atoms with Gasteiger partial charge in [-0.3, -0.25) is 4.79 Å². The molecule has 0 bridgehead atoms. The van der Waals surface area contributed by atoms with E-state index in [9.17, 15) is 4.79 Å². The predicted octanol–water partition coefficient (Wildman–Crippen LogP) is 1.26. The van der Waals surface area contributed by atoms with Crippen LogP contribution in [0.25, 0.3) is 0 Å². The first-order chi connectivity index (χ1) is 6.33. The summed E-state index contributed by atoms with van der Waals surface area (Å²) < 4.78 is 9.67. The van der Waals surface area contributed by atoms with Gasteiger partial charge >= 0.3 is 5.97 Å². The molecule has 1 fully saturated rings. The minimum atomic E-state index is -0.304. The first kappa shape index (κ1) is 10.1. The number of carbonyl (C=O) groups is 1. The number of hydrogen-bond acceptors (Lipinski definition) is 3. The van der Waals surface area contributed by atoms with Crippen LogP contribution in [0.5, 0.6) is 0 Å². The third-order valence-corrected chi connectivity index (χ3v) is 1.49. The normalized spacial score (nSPS) is 20.5. The Morgan fingerprint density at radius 2 is 2.54 bits per heavy atom. The Labute approximate surface area is 78.4 Å². The van der Waals surface area contributed by atoms with Crippen molar-refractivity contribution in [1.82, 2.24) is 0 Å². The van der Waals surface area contributed by atoms with Crippen molar-refractivity contribution in [1.29, 1.82) is 0 Å². The minimum Gasteiger partial charge on any atom is -0.372 e. The van der Waals surface area contributed by atoms with Crippen molar-refractivity contribution >= 4 is 5.97 Å². The zero-order valence-electron chi connectivity index (χ0n) is 7.45. The molecule has 1 heterocycles. The highest BCUT2D eigenvalue weighted by molar-refractivity contribution is 5.70. The van der Waals surface area contributed by atoms with Crippen LogP contribution in [0.4, 0.5) is 0 Å². The van der Waals surface area contributed by atoms with Crippen LogP contribution in [0.1, 0.15) is 19.8 Å². The maximum absolute atomic E-state index is 10.6. The number of rotatable bonds is 2. The van der Waals surface area contributed by atoms with Crippen molar-refractivity contribution in [2.45, 2.75) is 25.9 Å². The van der Waals surface area contributed by atoms with E-state index in [1.54, 1.807) is 13.5 Å².